The molecule has 0 bridgehead atoms. The lowest BCUT2D eigenvalue weighted by molar-refractivity contribution is -0.266. The van der Waals surface area contributed by atoms with E-state index in [1.165, 1.54) is 43.8 Å². The third-order valence-electron chi connectivity index (χ3n) is 15.6. The fourth-order valence-corrected chi connectivity index (χ4v) is 11.8. The van der Waals surface area contributed by atoms with Crippen molar-refractivity contribution in [2.75, 3.05) is 0 Å². The van der Waals surface area contributed by atoms with Crippen LogP contribution in [0.2, 0.25) is 0 Å². The van der Waals surface area contributed by atoms with Gasteiger partial charge in [0, 0.05) is 17.8 Å². The summed E-state index contributed by atoms with van der Waals surface area (Å²) in [5.74, 6) is -2.58. The molecule has 4 saturated carbocycles. The zero-order valence-corrected chi connectivity index (χ0v) is 30.7. The van der Waals surface area contributed by atoms with Crippen LogP contribution in [-0.4, -0.2) is 29.4 Å². The van der Waals surface area contributed by atoms with Gasteiger partial charge in [-0.1, -0.05) is 63.1 Å². The van der Waals surface area contributed by atoms with E-state index in [4.69, 9.17) is 0 Å². The van der Waals surface area contributed by atoms with Crippen molar-refractivity contribution in [3.05, 3.63) is 46.5 Å². The van der Waals surface area contributed by atoms with Crippen molar-refractivity contribution >= 4 is 0 Å². The van der Waals surface area contributed by atoms with Crippen molar-refractivity contribution in [1.82, 2.24) is 0 Å². The standard InChI is InChI=1S/C41H55F9/c1-24(36(5,42)38(7,44)41(48,49)50)25-8-10-26(11-9-25)30-23-35(4)31(14-15-32(35)37(6,43)40(45,46)47)29-13-12-27-22-39(17-16-28(27)33(29)30)20-18-34(2,3)19-21-39/h8-11,24,27,29-32H,12-23H2,1-7H3/t24?,27?,29?,30?,31?,32-,35?,36?,37?,38?/m1/s1. The topological polar surface area (TPSA) is 0 Å². The van der Waals surface area contributed by atoms with Crippen LogP contribution in [-0.2, 0) is 0 Å². The molecule has 10 atom stereocenters. The second kappa shape index (κ2) is 11.9. The molecule has 5 aliphatic carbocycles. The van der Waals surface area contributed by atoms with Crippen LogP contribution in [0.15, 0.2) is 35.4 Å². The Labute approximate surface area is 292 Å². The van der Waals surface area contributed by atoms with Crippen molar-refractivity contribution in [3.63, 3.8) is 0 Å². The first-order valence-corrected chi connectivity index (χ1v) is 18.8. The summed E-state index contributed by atoms with van der Waals surface area (Å²) in [5.41, 5.74) is -7.25. The molecule has 0 heterocycles. The van der Waals surface area contributed by atoms with Crippen molar-refractivity contribution in [1.29, 1.82) is 0 Å². The van der Waals surface area contributed by atoms with E-state index in [0.29, 0.717) is 43.4 Å². The molecule has 0 nitrogen and oxygen atoms in total. The molecule has 5 aliphatic rings. The molecule has 4 fully saturated rings. The fraction of sp³-hybridized carbons (Fsp3) is 0.805. The highest BCUT2D eigenvalue weighted by Crippen LogP contribution is 2.70. The maximum atomic E-state index is 15.9. The van der Waals surface area contributed by atoms with Crippen LogP contribution in [0.5, 0.6) is 0 Å². The molecule has 0 aliphatic heterocycles. The van der Waals surface area contributed by atoms with Crippen LogP contribution in [0.4, 0.5) is 39.5 Å². The van der Waals surface area contributed by atoms with Gasteiger partial charge >= 0.3 is 12.4 Å². The van der Waals surface area contributed by atoms with Crippen LogP contribution in [0.25, 0.3) is 0 Å². The second-order valence-electron chi connectivity index (χ2n) is 18.8. The molecule has 1 spiro atoms. The highest BCUT2D eigenvalue weighted by atomic mass is 19.4. The lowest BCUT2D eigenvalue weighted by Crippen LogP contribution is -2.56. The Hall–Kier alpha value is -1.67. The highest BCUT2D eigenvalue weighted by molar-refractivity contribution is 5.42. The Morgan fingerprint density at radius 3 is 1.86 bits per heavy atom. The summed E-state index contributed by atoms with van der Waals surface area (Å²) in [4.78, 5) is 0. The summed E-state index contributed by atoms with van der Waals surface area (Å²) in [7, 11) is 0. The molecule has 9 heteroatoms. The Morgan fingerprint density at radius 2 is 1.30 bits per heavy atom. The molecule has 282 valence electrons. The van der Waals surface area contributed by atoms with E-state index >= 15 is 8.78 Å². The molecule has 1 aromatic carbocycles. The first-order valence-electron chi connectivity index (χ1n) is 18.8. The van der Waals surface area contributed by atoms with Gasteiger partial charge in [0.15, 0.2) is 5.67 Å². The van der Waals surface area contributed by atoms with Crippen LogP contribution in [0.3, 0.4) is 0 Å². The first kappa shape index (κ1) is 38.1. The van der Waals surface area contributed by atoms with Crippen molar-refractivity contribution in [3.8, 4) is 0 Å². The number of fused-ring (bicyclic) bond motifs is 4. The van der Waals surface area contributed by atoms with Crippen LogP contribution >= 0.6 is 0 Å². The summed E-state index contributed by atoms with van der Waals surface area (Å²) in [6, 6.07) is 6.56. The maximum absolute atomic E-state index is 15.9. The van der Waals surface area contributed by atoms with Gasteiger partial charge in [-0.25, -0.2) is 13.2 Å². The minimum Gasteiger partial charge on any atom is -0.240 e. The Bertz CT molecular complexity index is 1450. The molecule has 0 radical (unpaired) electrons. The average Bonchev–Trinajstić information content (AvgIpc) is 3.38. The van der Waals surface area contributed by atoms with E-state index in [9.17, 15) is 30.7 Å². The molecular formula is C41H55F9. The number of halogens is 9. The van der Waals surface area contributed by atoms with Gasteiger partial charge in [-0.2, -0.15) is 26.3 Å². The SMILES string of the molecule is CC(c1ccc(C2CC3(C)C(CC[C@H]3C(C)(F)C(F)(F)F)C3CCC4CC5(CCC4=C23)CCC(C)(C)CC5)cc1)C(C)(F)C(C)(F)C(F)(F)F. The van der Waals surface area contributed by atoms with Gasteiger partial charge in [-0.3, -0.25) is 0 Å². The van der Waals surface area contributed by atoms with Gasteiger partial charge in [0.2, 0.25) is 11.3 Å². The van der Waals surface area contributed by atoms with Crippen LogP contribution in [0, 0.1) is 39.9 Å². The van der Waals surface area contributed by atoms with Crippen molar-refractivity contribution in [2.45, 2.75) is 167 Å². The van der Waals surface area contributed by atoms with Crippen molar-refractivity contribution in [2.24, 2.45) is 39.9 Å². The van der Waals surface area contributed by atoms with E-state index in [1.54, 1.807) is 24.3 Å². The van der Waals surface area contributed by atoms with Gasteiger partial charge in [0.25, 0.3) is 0 Å². The minimum atomic E-state index is -5.41. The molecule has 0 amide bonds. The van der Waals surface area contributed by atoms with E-state index in [2.05, 4.69) is 13.8 Å². The lowest BCUT2D eigenvalue weighted by atomic mass is 9.48. The monoisotopic (exact) mass is 718 g/mol. The van der Waals surface area contributed by atoms with Crippen molar-refractivity contribution < 1.29 is 39.5 Å². The third-order valence-corrected chi connectivity index (χ3v) is 15.6. The second-order valence-corrected chi connectivity index (χ2v) is 18.8. The zero-order valence-electron chi connectivity index (χ0n) is 30.7. The van der Waals surface area contributed by atoms with E-state index in [-0.39, 0.29) is 36.7 Å². The maximum Gasteiger partial charge on any atom is 0.425 e. The molecule has 0 saturated heterocycles. The molecule has 1 aromatic rings. The van der Waals surface area contributed by atoms with Gasteiger partial charge in [0.1, 0.15) is 0 Å². The average molecular weight is 719 g/mol. The summed E-state index contributed by atoms with van der Waals surface area (Å²) in [5, 5.41) is 0. The molecular weight excluding hydrogens is 663 g/mol. The quantitative estimate of drug-likeness (QED) is 0.210. The zero-order chi connectivity index (χ0) is 37.1. The summed E-state index contributed by atoms with van der Waals surface area (Å²) >= 11 is 0. The number of alkyl halides is 9. The third kappa shape index (κ3) is 5.87. The summed E-state index contributed by atoms with van der Waals surface area (Å²) < 4.78 is 130. The normalized spacial score (nSPS) is 36.8. The molecule has 50 heavy (non-hydrogen) atoms. The van der Waals surface area contributed by atoms with E-state index in [1.807, 2.05) is 6.92 Å². The van der Waals surface area contributed by atoms with Gasteiger partial charge < -0.3 is 0 Å². The Balaban J connectivity index is 1.39. The number of allylic oxidation sites excluding steroid dienone is 2. The lowest BCUT2D eigenvalue weighted by Gasteiger charge is -2.57. The number of benzene rings is 1. The van der Waals surface area contributed by atoms with E-state index < -0.39 is 46.6 Å². The number of hydrogen-bond donors (Lipinski definition) is 0. The number of hydrogen-bond acceptors (Lipinski definition) is 0. The van der Waals surface area contributed by atoms with Crippen LogP contribution in [0.1, 0.15) is 148 Å². The molecule has 0 aromatic heterocycles. The highest BCUT2D eigenvalue weighted by Gasteiger charge is 2.68. The fourth-order valence-electron chi connectivity index (χ4n) is 11.8. The molecule has 9 unspecified atom stereocenters. The number of rotatable bonds is 5. The summed E-state index contributed by atoms with van der Waals surface area (Å²) in [6.07, 6.45) is 0.439. The van der Waals surface area contributed by atoms with Gasteiger partial charge in [0.05, 0.1) is 0 Å². The van der Waals surface area contributed by atoms with Gasteiger partial charge in [-0.15, -0.1) is 0 Å². The first-order chi connectivity index (χ1) is 22.8. The smallest absolute Gasteiger partial charge is 0.240 e. The largest absolute Gasteiger partial charge is 0.425 e. The van der Waals surface area contributed by atoms with Gasteiger partial charge in [-0.05, 0) is 143 Å². The van der Waals surface area contributed by atoms with E-state index in [0.717, 1.165) is 37.7 Å². The minimum absolute atomic E-state index is 0.0325. The Kier molecular flexibility index (Phi) is 9.07. The predicted molar refractivity (Wildman–Crippen MR) is 179 cm³/mol. The van der Waals surface area contributed by atoms with Crippen LogP contribution < -0.4 is 0 Å². The predicted octanol–water partition coefficient (Wildman–Crippen LogP) is 13.7. The molecule has 0 N–H and O–H groups in total. The molecule has 6 rings (SSSR count). The summed E-state index contributed by atoms with van der Waals surface area (Å²) in [6.45, 7) is 9.33. The Morgan fingerprint density at radius 1 is 0.700 bits per heavy atom.